The zero-order chi connectivity index (χ0) is 16.3. The van der Waals surface area contributed by atoms with E-state index in [1.54, 1.807) is 0 Å². The van der Waals surface area contributed by atoms with Crippen LogP contribution in [0.2, 0.25) is 0 Å². The van der Waals surface area contributed by atoms with E-state index >= 15 is 0 Å². The van der Waals surface area contributed by atoms with Crippen LogP contribution in [0.5, 0.6) is 11.5 Å². The Bertz CT molecular complexity index is 512. The quantitative estimate of drug-likeness (QED) is 0.577. The van der Waals surface area contributed by atoms with Gasteiger partial charge in [-0.1, -0.05) is 6.92 Å². The van der Waals surface area contributed by atoms with E-state index in [0.717, 1.165) is 0 Å². The van der Waals surface area contributed by atoms with E-state index in [2.05, 4.69) is 0 Å². The topological polar surface area (TPSA) is 35.5 Å². The second kappa shape index (κ2) is 5.66. The summed E-state index contributed by atoms with van der Waals surface area (Å²) in [4.78, 5) is 11.4. The molecule has 1 rings (SSSR count). The molecule has 0 bridgehead atoms. The van der Waals surface area contributed by atoms with Crippen LogP contribution < -0.4 is 9.47 Å². The lowest BCUT2D eigenvalue weighted by atomic mass is 10.2. The van der Waals surface area contributed by atoms with E-state index in [0.29, 0.717) is 16.9 Å². The number of hydrogen-bond donors (Lipinski definition) is 0. The zero-order valence-corrected chi connectivity index (χ0v) is 8.89. The fourth-order valence-corrected chi connectivity index (χ4v) is 1.83. The first-order valence-corrected chi connectivity index (χ1v) is 5.18. The summed E-state index contributed by atoms with van der Waals surface area (Å²) in [5.74, 6) is 0.450. The molecule has 0 radical (unpaired) electrons. The molecule has 1 aromatic rings. The minimum atomic E-state index is -2.71. The van der Waals surface area contributed by atoms with Crippen LogP contribution in [0.15, 0.2) is 17.0 Å². The summed E-state index contributed by atoms with van der Waals surface area (Å²) in [5, 5.41) is 0. The predicted octanol–water partition coefficient (Wildman–Crippen LogP) is 2.63. The van der Waals surface area contributed by atoms with Crippen molar-refractivity contribution in [3.05, 3.63) is 17.7 Å². The highest BCUT2D eigenvalue weighted by atomic mass is 32.2. The lowest BCUT2D eigenvalue weighted by molar-refractivity contribution is 0.112. The van der Waals surface area contributed by atoms with E-state index in [4.69, 9.17) is 17.7 Å². The van der Waals surface area contributed by atoms with Crippen molar-refractivity contribution in [2.24, 2.45) is 0 Å². The van der Waals surface area contributed by atoms with Gasteiger partial charge in [0.25, 0.3) is 0 Å². The summed E-state index contributed by atoms with van der Waals surface area (Å²) in [6.45, 7) is 1.84. The molecular weight excluding hydrogens is 212 g/mol. The van der Waals surface area contributed by atoms with Gasteiger partial charge in [-0.15, -0.1) is 11.8 Å². The fourth-order valence-electron chi connectivity index (χ4n) is 1.09. The smallest absolute Gasteiger partial charge is 0.153 e. The van der Waals surface area contributed by atoms with Gasteiger partial charge in [0, 0.05) is 0 Å². The van der Waals surface area contributed by atoms with Crippen molar-refractivity contribution in [2.45, 2.75) is 11.8 Å². The molecule has 0 aliphatic carbocycles. The number of thioether (sulfide) groups is 1. The first-order chi connectivity index (χ1) is 9.55. The van der Waals surface area contributed by atoms with Crippen LogP contribution in [0, 0.1) is 0 Å². The number of rotatable bonds is 5. The Labute approximate surface area is 102 Å². The van der Waals surface area contributed by atoms with Gasteiger partial charge >= 0.3 is 0 Å². The third-order valence-corrected chi connectivity index (χ3v) is 2.64. The number of methoxy groups -OCH3 is 2. The molecule has 1 aromatic carbocycles. The number of benzene rings is 1. The number of hydrogen-bond acceptors (Lipinski definition) is 4. The van der Waals surface area contributed by atoms with E-state index < -0.39 is 14.1 Å². The van der Waals surface area contributed by atoms with Crippen molar-refractivity contribution >= 4 is 18.0 Å². The van der Waals surface area contributed by atoms with Crippen LogP contribution in [-0.2, 0) is 0 Å². The Morgan fingerprint density at radius 1 is 1.40 bits per heavy atom. The van der Waals surface area contributed by atoms with E-state index in [9.17, 15) is 4.79 Å². The summed E-state index contributed by atoms with van der Waals surface area (Å²) in [7, 11) is -5.38. The highest BCUT2D eigenvalue weighted by Gasteiger charge is 2.10. The van der Waals surface area contributed by atoms with Crippen LogP contribution in [-0.4, -0.2) is 26.1 Å². The first-order valence-electron chi connectivity index (χ1n) is 7.20. The monoisotopic (exact) mass is 232 g/mol. The average Bonchev–Trinajstić information content (AvgIpc) is 2.29. The van der Waals surface area contributed by atoms with Gasteiger partial charge < -0.3 is 9.47 Å². The molecule has 0 aliphatic rings. The molecule has 0 saturated heterocycles. The van der Waals surface area contributed by atoms with Crippen LogP contribution in [0.1, 0.15) is 25.5 Å². The second-order valence-corrected chi connectivity index (χ2v) is 3.90. The SMILES string of the molecule is [2H]C([2H])([2H])Oc1cc(SCC)c(OC([2H])([2H])[2H])cc1C=O. The van der Waals surface area contributed by atoms with Crippen LogP contribution >= 0.6 is 11.8 Å². The lowest BCUT2D eigenvalue weighted by Crippen LogP contribution is -1.94. The van der Waals surface area contributed by atoms with Crippen LogP contribution in [0.3, 0.4) is 0 Å². The molecule has 0 N–H and O–H groups in total. The maximum absolute atomic E-state index is 11.0. The van der Waals surface area contributed by atoms with Gasteiger partial charge in [0.05, 0.1) is 32.8 Å². The summed E-state index contributed by atoms with van der Waals surface area (Å²) < 4.78 is 52.2. The van der Waals surface area contributed by atoms with E-state index in [-0.39, 0.29) is 17.1 Å². The van der Waals surface area contributed by atoms with Crippen molar-refractivity contribution in [3.8, 4) is 11.5 Å². The molecule has 15 heavy (non-hydrogen) atoms. The molecule has 0 saturated carbocycles. The summed E-state index contributed by atoms with van der Waals surface area (Å²) in [6.07, 6.45) is 0.383. The van der Waals surface area contributed by atoms with Gasteiger partial charge in [-0.05, 0) is 17.9 Å². The molecule has 0 spiro atoms. The molecule has 0 fully saturated rings. The zero-order valence-electron chi connectivity index (χ0n) is 14.1. The molecule has 0 aliphatic heterocycles. The van der Waals surface area contributed by atoms with Crippen molar-refractivity contribution in [1.29, 1.82) is 0 Å². The standard InChI is InChI=1S/C11H14O3S/c1-4-15-11-6-9(13-2)8(7-12)5-10(11)14-3/h5-7H,4H2,1-3H3/i2D3,3D3. The second-order valence-electron chi connectivity index (χ2n) is 2.59. The Morgan fingerprint density at radius 3 is 2.73 bits per heavy atom. The normalized spacial score (nSPS) is 17.4. The number of aldehydes is 1. The Kier molecular flexibility index (Phi) is 2.19. The molecule has 0 heterocycles. The number of ether oxygens (including phenoxy) is 2. The minimum absolute atomic E-state index is 0.0122. The maximum atomic E-state index is 11.0. The molecular formula is C11H14O3S. The van der Waals surface area contributed by atoms with Crippen molar-refractivity contribution in [3.63, 3.8) is 0 Å². The van der Waals surface area contributed by atoms with Gasteiger partial charge in [-0.25, -0.2) is 0 Å². The third-order valence-electron chi connectivity index (χ3n) is 1.72. The number of carbonyl (C=O) groups excluding carboxylic acids is 1. The van der Waals surface area contributed by atoms with Gasteiger partial charge in [-0.3, -0.25) is 4.79 Å². The van der Waals surface area contributed by atoms with Crippen molar-refractivity contribution < 1.29 is 22.5 Å². The predicted molar refractivity (Wildman–Crippen MR) is 61.3 cm³/mol. The van der Waals surface area contributed by atoms with Gasteiger partial charge in [0.1, 0.15) is 11.5 Å². The van der Waals surface area contributed by atoms with Crippen LogP contribution in [0.25, 0.3) is 0 Å². The summed E-state index contributed by atoms with van der Waals surface area (Å²) >= 11 is 1.25. The van der Waals surface area contributed by atoms with Gasteiger partial charge in [0.15, 0.2) is 6.29 Å². The first kappa shape index (κ1) is 5.80. The highest BCUT2D eigenvalue weighted by molar-refractivity contribution is 7.99. The van der Waals surface area contributed by atoms with Gasteiger partial charge in [0.2, 0.25) is 0 Å². The largest absolute Gasteiger partial charge is 0.496 e. The molecule has 0 atom stereocenters. The molecule has 0 aromatic heterocycles. The van der Waals surface area contributed by atoms with Crippen molar-refractivity contribution in [2.75, 3.05) is 19.8 Å². The third kappa shape index (κ3) is 2.65. The van der Waals surface area contributed by atoms with E-state index in [1.165, 1.54) is 23.9 Å². The van der Waals surface area contributed by atoms with Gasteiger partial charge in [-0.2, -0.15) is 0 Å². The van der Waals surface area contributed by atoms with E-state index in [1.807, 2.05) is 6.92 Å². The molecule has 3 nitrogen and oxygen atoms in total. The fraction of sp³-hybridized carbons (Fsp3) is 0.364. The number of carbonyl (C=O) groups is 1. The Morgan fingerprint density at radius 2 is 2.13 bits per heavy atom. The van der Waals surface area contributed by atoms with Crippen LogP contribution in [0.4, 0.5) is 0 Å². The Hall–Kier alpha value is -1.16. The molecule has 0 amide bonds. The minimum Gasteiger partial charge on any atom is -0.496 e. The summed E-state index contributed by atoms with van der Waals surface area (Å²) in [5.41, 5.74) is -0.0918. The molecule has 82 valence electrons. The highest BCUT2D eigenvalue weighted by Crippen LogP contribution is 2.34. The summed E-state index contributed by atoms with van der Waals surface area (Å²) in [6, 6.07) is 2.46. The van der Waals surface area contributed by atoms with Crippen molar-refractivity contribution in [1.82, 2.24) is 0 Å². The molecule has 0 unspecified atom stereocenters. The maximum Gasteiger partial charge on any atom is 0.153 e. The molecule has 4 heteroatoms. The Balaban J connectivity index is 3.29. The average molecular weight is 232 g/mol. The lowest BCUT2D eigenvalue weighted by Gasteiger charge is -2.11.